The number of hydrogen-bond acceptors (Lipinski definition) is 3. The molecular formula is C24H30N4O. The van der Waals surface area contributed by atoms with Gasteiger partial charge in [0.15, 0.2) is 0 Å². The van der Waals surface area contributed by atoms with Crippen LogP contribution in [-0.4, -0.2) is 24.6 Å². The lowest BCUT2D eigenvalue weighted by Crippen LogP contribution is -2.20. The van der Waals surface area contributed by atoms with E-state index in [9.17, 15) is 4.79 Å². The van der Waals surface area contributed by atoms with Crippen molar-refractivity contribution >= 4 is 34.0 Å². The minimum Gasteiger partial charge on any atom is -0.375 e. The van der Waals surface area contributed by atoms with Crippen LogP contribution in [0, 0.1) is 6.92 Å². The first-order valence-corrected chi connectivity index (χ1v) is 10.3. The van der Waals surface area contributed by atoms with E-state index in [1.165, 1.54) is 25.7 Å². The number of pyridine rings is 1. The molecule has 3 rings (SSSR count). The van der Waals surface area contributed by atoms with E-state index >= 15 is 0 Å². The van der Waals surface area contributed by atoms with Crippen LogP contribution in [0.15, 0.2) is 54.6 Å². The summed E-state index contributed by atoms with van der Waals surface area (Å²) >= 11 is 0. The Bertz CT molecular complexity index is 953. The first-order valence-electron chi connectivity index (χ1n) is 10.3. The quantitative estimate of drug-likeness (QED) is 0.450. The molecule has 0 saturated carbocycles. The number of amides is 2. The summed E-state index contributed by atoms with van der Waals surface area (Å²) < 4.78 is 0. The third-order valence-electron chi connectivity index (χ3n) is 5.01. The Morgan fingerprint density at radius 1 is 1.00 bits per heavy atom. The first kappa shape index (κ1) is 20.6. The van der Waals surface area contributed by atoms with Crippen molar-refractivity contribution in [2.75, 3.05) is 29.1 Å². The van der Waals surface area contributed by atoms with Gasteiger partial charge in [-0.05, 0) is 49.7 Å². The summed E-state index contributed by atoms with van der Waals surface area (Å²) in [6.45, 7) is 5.19. The van der Waals surface area contributed by atoms with Crippen LogP contribution in [0.4, 0.5) is 21.9 Å². The number of hydrogen-bond donors (Lipinski definition) is 2. The van der Waals surface area contributed by atoms with Gasteiger partial charge in [0.05, 0.1) is 11.2 Å². The molecule has 1 heterocycles. The predicted octanol–water partition coefficient (Wildman–Crippen LogP) is 6.20. The zero-order valence-corrected chi connectivity index (χ0v) is 17.5. The summed E-state index contributed by atoms with van der Waals surface area (Å²) in [7, 11) is 2.11. The van der Waals surface area contributed by atoms with E-state index in [1.807, 2.05) is 61.5 Å². The van der Waals surface area contributed by atoms with E-state index in [-0.39, 0.29) is 6.03 Å². The van der Waals surface area contributed by atoms with Crippen molar-refractivity contribution in [3.8, 4) is 0 Å². The fourth-order valence-corrected chi connectivity index (χ4v) is 3.40. The SMILES string of the molecule is CCCCCCN(C)c1ccc(NC(=O)Nc2cc(C)nc3ccccc23)cc1. The number of carbonyl (C=O) groups excluding carboxylic acids is 1. The molecule has 29 heavy (non-hydrogen) atoms. The van der Waals surface area contributed by atoms with E-state index in [1.54, 1.807) is 0 Å². The van der Waals surface area contributed by atoms with Crippen LogP contribution >= 0.6 is 0 Å². The first-order chi connectivity index (χ1) is 14.1. The zero-order chi connectivity index (χ0) is 20.6. The molecular weight excluding hydrogens is 360 g/mol. The van der Waals surface area contributed by atoms with Crippen LogP contribution in [0.3, 0.4) is 0 Å². The Morgan fingerprint density at radius 3 is 2.52 bits per heavy atom. The highest BCUT2D eigenvalue weighted by Crippen LogP contribution is 2.23. The van der Waals surface area contributed by atoms with E-state index < -0.39 is 0 Å². The molecule has 0 aliphatic heterocycles. The third-order valence-corrected chi connectivity index (χ3v) is 5.01. The Kier molecular flexibility index (Phi) is 7.06. The highest BCUT2D eigenvalue weighted by Gasteiger charge is 2.08. The minimum absolute atomic E-state index is 0.263. The number of carbonyl (C=O) groups is 1. The van der Waals surface area contributed by atoms with Gasteiger partial charge in [-0.1, -0.05) is 44.4 Å². The van der Waals surface area contributed by atoms with Crippen LogP contribution in [-0.2, 0) is 0 Å². The zero-order valence-electron chi connectivity index (χ0n) is 17.5. The van der Waals surface area contributed by atoms with Crippen molar-refractivity contribution in [1.29, 1.82) is 0 Å². The molecule has 0 fully saturated rings. The molecule has 2 amide bonds. The molecule has 0 spiro atoms. The second kappa shape index (κ2) is 9.92. The van der Waals surface area contributed by atoms with Gasteiger partial charge in [-0.15, -0.1) is 0 Å². The summed E-state index contributed by atoms with van der Waals surface area (Å²) in [5.74, 6) is 0. The van der Waals surface area contributed by atoms with Crippen LogP contribution in [0.5, 0.6) is 0 Å². The molecule has 5 heteroatoms. The summed E-state index contributed by atoms with van der Waals surface area (Å²) in [6.07, 6.45) is 5.01. The van der Waals surface area contributed by atoms with Gasteiger partial charge >= 0.3 is 6.03 Å². The number of benzene rings is 2. The average molecular weight is 391 g/mol. The molecule has 1 aromatic heterocycles. The van der Waals surface area contributed by atoms with Crippen molar-refractivity contribution in [1.82, 2.24) is 4.98 Å². The Morgan fingerprint density at radius 2 is 1.76 bits per heavy atom. The van der Waals surface area contributed by atoms with Crippen molar-refractivity contribution in [2.45, 2.75) is 39.5 Å². The lowest BCUT2D eigenvalue weighted by molar-refractivity contribution is 0.262. The maximum absolute atomic E-state index is 12.5. The highest BCUT2D eigenvalue weighted by molar-refractivity contribution is 6.05. The van der Waals surface area contributed by atoms with Gasteiger partial charge in [-0.2, -0.15) is 0 Å². The standard InChI is InChI=1S/C24H30N4O/c1-4-5-6-9-16-28(3)20-14-12-19(13-15-20)26-24(29)27-23-17-18(2)25-22-11-8-7-10-21(22)23/h7-8,10-15,17H,4-6,9,16H2,1-3H3,(H2,25,26,27,29). The number of aryl methyl sites for hydroxylation is 1. The maximum atomic E-state index is 12.5. The normalized spacial score (nSPS) is 10.7. The van der Waals surface area contributed by atoms with Crippen molar-refractivity contribution in [3.05, 3.63) is 60.3 Å². The molecule has 0 aliphatic rings. The monoisotopic (exact) mass is 390 g/mol. The second-order valence-electron chi connectivity index (χ2n) is 7.44. The molecule has 3 aromatic rings. The molecule has 0 radical (unpaired) electrons. The van der Waals surface area contributed by atoms with Gasteiger partial charge in [-0.25, -0.2) is 4.79 Å². The average Bonchev–Trinajstić information content (AvgIpc) is 2.71. The van der Waals surface area contributed by atoms with Crippen molar-refractivity contribution in [3.63, 3.8) is 0 Å². The van der Waals surface area contributed by atoms with Gasteiger partial charge in [0.2, 0.25) is 0 Å². The van der Waals surface area contributed by atoms with Gasteiger partial charge in [-0.3, -0.25) is 4.98 Å². The Hall–Kier alpha value is -3.08. The molecule has 2 aromatic carbocycles. The summed E-state index contributed by atoms with van der Waals surface area (Å²) in [4.78, 5) is 19.3. The van der Waals surface area contributed by atoms with Gasteiger partial charge in [0.25, 0.3) is 0 Å². The summed E-state index contributed by atoms with van der Waals surface area (Å²) in [5.41, 5.74) is 4.41. The number of unbranched alkanes of at least 4 members (excludes halogenated alkanes) is 3. The molecule has 0 unspecified atom stereocenters. The van der Waals surface area contributed by atoms with E-state index in [0.717, 1.165) is 40.2 Å². The van der Waals surface area contributed by atoms with Gasteiger partial charge in [0.1, 0.15) is 0 Å². The van der Waals surface area contributed by atoms with Crippen molar-refractivity contribution in [2.24, 2.45) is 0 Å². The fraction of sp³-hybridized carbons (Fsp3) is 0.333. The number of nitrogens with zero attached hydrogens (tertiary/aromatic N) is 2. The smallest absolute Gasteiger partial charge is 0.323 e. The number of urea groups is 1. The number of aromatic nitrogens is 1. The molecule has 152 valence electrons. The number of rotatable bonds is 8. The second-order valence-corrected chi connectivity index (χ2v) is 7.44. The number of para-hydroxylation sites is 1. The molecule has 5 nitrogen and oxygen atoms in total. The van der Waals surface area contributed by atoms with Crippen LogP contribution in [0.25, 0.3) is 10.9 Å². The highest BCUT2D eigenvalue weighted by atomic mass is 16.2. The van der Waals surface area contributed by atoms with Gasteiger partial charge < -0.3 is 15.5 Å². The summed E-state index contributed by atoms with van der Waals surface area (Å²) in [5, 5.41) is 6.79. The molecule has 0 saturated heterocycles. The largest absolute Gasteiger partial charge is 0.375 e. The predicted molar refractivity (Wildman–Crippen MR) is 123 cm³/mol. The van der Waals surface area contributed by atoms with Crippen LogP contribution < -0.4 is 15.5 Å². The van der Waals surface area contributed by atoms with Crippen molar-refractivity contribution < 1.29 is 4.79 Å². The molecule has 0 bridgehead atoms. The maximum Gasteiger partial charge on any atom is 0.323 e. The lowest BCUT2D eigenvalue weighted by atomic mass is 10.1. The molecule has 2 N–H and O–H groups in total. The third kappa shape index (κ3) is 5.70. The van der Waals surface area contributed by atoms with E-state index in [0.29, 0.717) is 0 Å². The number of anilines is 3. The Labute approximate surface area is 173 Å². The molecule has 0 aliphatic carbocycles. The van der Waals surface area contributed by atoms with Crippen LogP contribution in [0.2, 0.25) is 0 Å². The van der Waals surface area contributed by atoms with Gasteiger partial charge in [0, 0.05) is 36.0 Å². The minimum atomic E-state index is -0.263. The number of nitrogens with one attached hydrogen (secondary N) is 2. The fourth-order valence-electron chi connectivity index (χ4n) is 3.40. The lowest BCUT2D eigenvalue weighted by Gasteiger charge is -2.19. The van der Waals surface area contributed by atoms with E-state index in [2.05, 4.69) is 34.5 Å². The Balaban J connectivity index is 1.60. The van der Waals surface area contributed by atoms with Crippen LogP contribution in [0.1, 0.15) is 38.3 Å². The van der Waals surface area contributed by atoms with E-state index in [4.69, 9.17) is 0 Å². The number of fused-ring (bicyclic) bond motifs is 1. The topological polar surface area (TPSA) is 57.3 Å². The summed E-state index contributed by atoms with van der Waals surface area (Å²) in [6, 6.07) is 17.4. The molecule has 0 atom stereocenters.